The third-order valence-corrected chi connectivity index (χ3v) is 4.79. The van der Waals surface area contributed by atoms with Crippen LogP contribution in [0.25, 0.3) is 0 Å². The molecule has 0 unspecified atom stereocenters. The van der Waals surface area contributed by atoms with Gasteiger partial charge in [0.05, 0.1) is 0 Å². The van der Waals surface area contributed by atoms with Crippen molar-refractivity contribution in [3.63, 3.8) is 0 Å². The fourth-order valence-corrected chi connectivity index (χ4v) is 3.20. The molecule has 3 nitrogen and oxygen atoms in total. The average molecular weight is 302 g/mol. The second-order valence-corrected chi connectivity index (χ2v) is 6.37. The smallest absolute Gasteiger partial charge is 0.251 e. The first-order valence-electron chi connectivity index (χ1n) is 8.82. The van der Waals surface area contributed by atoms with E-state index < -0.39 is 0 Å². The lowest BCUT2D eigenvalue weighted by Crippen LogP contribution is -2.30. The van der Waals surface area contributed by atoms with Crippen molar-refractivity contribution in [3.05, 3.63) is 35.4 Å². The van der Waals surface area contributed by atoms with Crippen LogP contribution in [0.2, 0.25) is 0 Å². The SMILES string of the molecule is CCN(CC)Cc1ccc(C(=O)NCC2CCCCC2)cc1. The summed E-state index contributed by atoms with van der Waals surface area (Å²) in [5.41, 5.74) is 2.05. The lowest BCUT2D eigenvalue weighted by Gasteiger charge is -2.21. The van der Waals surface area contributed by atoms with Crippen LogP contribution in [0.1, 0.15) is 61.9 Å². The van der Waals surface area contributed by atoms with Crippen LogP contribution in [0.15, 0.2) is 24.3 Å². The van der Waals surface area contributed by atoms with Gasteiger partial charge in [-0.25, -0.2) is 0 Å². The average Bonchev–Trinajstić information content (AvgIpc) is 2.59. The summed E-state index contributed by atoms with van der Waals surface area (Å²) in [6, 6.07) is 8.06. The Morgan fingerprint density at radius 3 is 2.32 bits per heavy atom. The van der Waals surface area contributed by atoms with Crippen LogP contribution in [0.3, 0.4) is 0 Å². The molecule has 3 heteroatoms. The van der Waals surface area contributed by atoms with Gasteiger partial charge in [-0.3, -0.25) is 9.69 Å². The first kappa shape index (κ1) is 17.0. The fraction of sp³-hybridized carbons (Fsp3) is 0.632. The van der Waals surface area contributed by atoms with E-state index in [9.17, 15) is 4.79 Å². The molecule has 1 aromatic rings. The Morgan fingerprint density at radius 2 is 1.73 bits per heavy atom. The second-order valence-electron chi connectivity index (χ2n) is 6.37. The quantitative estimate of drug-likeness (QED) is 0.830. The number of carbonyl (C=O) groups is 1. The molecule has 0 heterocycles. The molecule has 122 valence electrons. The van der Waals surface area contributed by atoms with E-state index in [1.54, 1.807) is 0 Å². The van der Waals surface area contributed by atoms with Crippen LogP contribution in [0.4, 0.5) is 0 Å². The normalized spacial score (nSPS) is 16.0. The van der Waals surface area contributed by atoms with E-state index in [-0.39, 0.29) is 5.91 Å². The molecule has 0 bridgehead atoms. The van der Waals surface area contributed by atoms with Crippen molar-refractivity contribution in [2.75, 3.05) is 19.6 Å². The lowest BCUT2D eigenvalue weighted by molar-refractivity contribution is 0.0943. The summed E-state index contributed by atoms with van der Waals surface area (Å²) in [7, 11) is 0. The van der Waals surface area contributed by atoms with Gasteiger partial charge in [0, 0.05) is 18.7 Å². The number of carbonyl (C=O) groups excluding carboxylic acids is 1. The van der Waals surface area contributed by atoms with Crippen molar-refractivity contribution >= 4 is 5.91 Å². The Balaban J connectivity index is 1.82. The maximum atomic E-state index is 12.2. The highest BCUT2D eigenvalue weighted by molar-refractivity contribution is 5.94. The van der Waals surface area contributed by atoms with Gasteiger partial charge in [0.15, 0.2) is 0 Å². The molecular weight excluding hydrogens is 272 g/mol. The summed E-state index contributed by atoms with van der Waals surface area (Å²) in [6.45, 7) is 8.25. The Kier molecular flexibility index (Phi) is 6.91. The molecule has 1 N–H and O–H groups in total. The highest BCUT2D eigenvalue weighted by Gasteiger charge is 2.14. The van der Waals surface area contributed by atoms with Gasteiger partial charge in [-0.1, -0.05) is 45.2 Å². The first-order chi connectivity index (χ1) is 10.7. The van der Waals surface area contributed by atoms with E-state index in [2.05, 4.69) is 36.2 Å². The van der Waals surface area contributed by atoms with Gasteiger partial charge in [0.25, 0.3) is 5.91 Å². The van der Waals surface area contributed by atoms with Crippen LogP contribution in [0.5, 0.6) is 0 Å². The zero-order valence-corrected chi connectivity index (χ0v) is 14.1. The molecule has 0 aliphatic heterocycles. The van der Waals surface area contributed by atoms with E-state index >= 15 is 0 Å². The summed E-state index contributed by atoms with van der Waals surface area (Å²) in [4.78, 5) is 14.6. The standard InChI is InChI=1S/C19H30N2O/c1-3-21(4-2)15-17-10-12-18(13-11-17)19(22)20-14-16-8-6-5-7-9-16/h10-13,16H,3-9,14-15H2,1-2H3,(H,20,22). The Bertz CT molecular complexity index is 445. The molecule has 1 fully saturated rings. The minimum absolute atomic E-state index is 0.0694. The third kappa shape index (κ3) is 5.13. The topological polar surface area (TPSA) is 32.3 Å². The van der Waals surface area contributed by atoms with Gasteiger partial charge in [0.1, 0.15) is 0 Å². The highest BCUT2D eigenvalue weighted by atomic mass is 16.1. The molecule has 0 saturated heterocycles. The van der Waals surface area contributed by atoms with Crippen LogP contribution >= 0.6 is 0 Å². The van der Waals surface area contributed by atoms with Crippen LogP contribution in [-0.4, -0.2) is 30.4 Å². The summed E-state index contributed by atoms with van der Waals surface area (Å²) in [6.07, 6.45) is 6.53. The van der Waals surface area contributed by atoms with Gasteiger partial charge >= 0.3 is 0 Å². The Labute approximate surface area is 135 Å². The molecule has 1 amide bonds. The van der Waals surface area contributed by atoms with Crippen LogP contribution in [0, 0.1) is 5.92 Å². The second kappa shape index (κ2) is 8.94. The van der Waals surface area contributed by atoms with Gasteiger partial charge < -0.3 is 5.32 Å². The maximum Gasteiger partial charge on any atom is 0.251 e. The summed E-state index contributed by atoms with van der Waals surface area (Å²) in [5, 5.41) is 3.10. The van der Waals surface area contributed by atoms with Crippen LogP contribution < -0.4 is 5.32 Å². The zero-order valence-electron chi connectivity index (χ0n) is 14.1. The predicted octanol–water partition coefficient (Wildman–Crippen LogP) is 3.84. The minimum Gasteiger partial charge on any atom is -0.352 e. The van der Waals surface area contributed by atoms with Gasteiger partial charge in [-0.05, 0) is 49.5 Å². The van der Waals surface area contributed by atoms with Gasteiger partial charge in [-0.15, -0.1) is 0 Å². The summed E-state index contributed by atoms with van der Waals surface area (Å²) < 4.78 is 0. The first-order valence-corrected chi connectivity index (χ1v) is 8.82. The zero-order chi connectivity index (χ0) is 15.8. The van der Waals surface area contributed by atoms with E-state index in [0.717, 1.165) is 31.7 Å². The molecule has 0 radical (unpaired) electrons. The molecular formula is C19H30N2O. The largest absolute Gasteiger partial charge is 0.352 e. The number of hydrogen-bond acceptors (Lipinski definition) is 2. The highest BCUT2D eigenvalue weighted by Crippen LogP contribution is 2.22. The Hall–Kier alpha value is -1.35. The van der Waals surface area contributed by atoms with Gasteiger partial charge in [0.2, 0.25) is 0 Å². The summed E-state index contributed by atoms with van der Waals surface area (Å²) >= 11 is 0. The predicted molar refractivity (Wildman–Crippen MR) is 92.0 cm³/mol. The molecule has 2 rings (SSSR count). The van der Waals surface area contributed by atoms with Crippen molar-refractivity contribution in [2.24, 2.45) is 5.92 Å². The third-order valence-electron chi connectivity index (χ3n) is 4.79. The van der Waals surface area contributed by atoms with Crippen molar-refractivity contribution in [3.8, 4) is 0 Å². The molecule has 0 atom stereocenters. The number of amides is 1. The molecule has 1 aliphatic rings. The summed E-state index contributed by atoms with van der Waals surface area (Å²) in [5.74, 6) is 0.750. The van der Waals surface area contributed by atoms with E-state index in [4.69, 9.17) is 0 Å². The molecule has 22 heavy (non-hydrogen) atoms. The van der Waals surface area contributed by atoms with Crippen molar-refractivity contribution in [2.45, 2.75) is 52.5 Å². The van der Waals surface area contributed by atoms with E-state index in [1.807, 2.05) is 12.1 Å². The number of nitrogens with zero attached hydrogens (tertiary/aromatic N) is 1. The van der Waals surface area contributed by atoms with E-state index in [0.29, 0.717) is 5.92 Å². The van der Waals surface area contributed by atoms with Gasteiger partial charge in [-0.2, -0.15) is 0 Å². The van der Waals surface area contributed by atoms with Crippen LogP contribution in [-0.2, 0) is 6.54 Å². The number of nitrogens with one attached hydrogen (secondary N) is 1. The lowest BCUT2D eigenvalue weighted by atomic mass is 9.89. The number of benzene rings is 1. The number of rotatable bonds is 7. The molecule has 1 saturated carbocycles. The molecule has 1 aliphatic carbocycles. The minimum atomic E-state index is 0.0694. The Morgan fingerprint density at radius 1 is 1.09 bits per heavy atom. The number of hydrogen-bond donors (Lipinski definition) is 1. The van der Waals surface area contributed by atoms with Crippen molar-refractivity contribution < 1.29 is 4.79 Å². The molecule has 1 aromatic carbocycles. The molecule has 0 aromatic heterocycles. The monoisotopic (exact) mass is 302 g/mol. The van der Waals surface area contributed by atoms with Crippen molar-refractivity contribution in [1.82, 2.24) is 10.2 Å². The van der Waals surface area contributed by atoms with Crippen molar-refractivity contribution in [1.29, 1.82) is 0 Å². The fourth-order valence-electron chi connectivity index (χ4n) is 3.20. The van der Waals surface area contributed by atoms with E-state index in [1.165, 1.54) is 37.7 Å². The maximum absolute atomic E-state index is 12.2. The molecule has 0 spiro atoms.